The summed E-state index contributed by atoms with van der Waals surface area (Å²) in [6.07, 6.45) is 0. The molecule has 0 radical (unpaired) electrons. The molecule has 1 amide bonds. The summed E-state index contributed by atoms with van der Waals surface area (Å²) >= 11 is 4.83. The fourth-order valence-corrected chi connectivity index (χ4v) is 3.18. The van der Waals surface area contributed by atoms with Crippen molar-refractivity contribution in [3.63, 3.8) is 0 Å². The fourth-order valence-electron chi connectivity index (χ4n) is 1.73. The number of thiophene rings is 1. The topological polar surface area (TPSA) is 59.8 Å². The maximum absolute atomic E-state index is 12.0. The van der Waals surface area contributed by atoms with Crippen molar-refractivity contribution < 1.29 is 4.79 Å². The van der Waals surface area contributed by atoms with Crippen molar-refractivity contribution in [2.45, 2.75) is 26.3 Å². The van der Waals surface area contributed by atoms with Gasteiger partial charge in [0.1, 0.15) is 5.82 Å². The van der Waals surface area contributed by atoms with Gasteiger partial charge in [-0.1, -0.05) is 13.8 Å². The van der Waals surface area contributed by atoms with Crippen LogP contribution in [0.25, 0.3) is 0 Å². The molecule has 5 nitrogen and oxygen atoms in total. The molecule has 19 heavy (non-hydrogen) atoms. The summed E-state index contributed by atoms with van der Waals surface area (Å²) in [6, 6.07) is 0. The first-order valence-electron chi connectivity index (χ1n) is 5.88. The van der Waals surface area contributed by atoms with Crippen LogP contribution in [0.3, 0.4) is 0 Å². The Balaban J connectivity index is 2.04. The third-order valence-corrected chi connectivity index (χ3v) is 4.48. The van der Waals surface area contributed by atoms with Gasteiger partial charge in [-0.2, -0.15) is 11.3 Å². The lowest BCUT2D eigenvalue weighted by molar-refractivity contribution is 0.0949. The van der Waals surface area contributed by atoms with Gasteiger partial charge in [0.15, 0.2) is 5.82 Å². The van der Waals surface area contributed by atoms with E-state index in [0.29, 0.717) is 18.0 Å². The van der Waals surface area contributed by atoms with Gasteiger partial charge in [-0.3, -0.25) is 4.79 Å². The van der Waals surface area contributed by atoms with Crippen LogP contribution in [0.15, 0.2) is 15.2 Å². The summed E-state index contributed by atoms with van der Waals surface area (Å²) in [6.45, 7) is 4.50. The number of aromatic nitrogens is 3. The van der Waals surface area contributed by atoms with Crippen LogP contribution in [0.2, 0.25) is 0 Å². The second kappa shape index (κ2) is 5.83. The second-order valence-electron chi connectivity index (χ2n) is 4.50. The molecule has 0 saturated heterocycles. The van der Waals surface area contributed by atoms with Crippen LogP contribution in [0.5, 0.6) is 0 Å². The Morgan fingerprint density at radius 2 is 2.21 bits per heavy atom. The molecular weight excluding hydrogens is 328 g/mol. The quantitative estimate of drug-likeness (QED) is 0.929. The average Bonchev–Trinajstić information content (AvgIpc) is 2.93. The maximum atomic E-state index is 12.0. The first-order valence-corrected chi connectivity index (χ1v) is 7.62. The zero-order valence-electron chi connectivity index (χ0n) is 11.0. The highest BCUT2D eigenvalue weighted by atomic mass is 79.9. The summed E-state index contributed by atoms with van der Waals surface area (Å²) in [5.41, 5.74) is 0.649. The van der Waals surface area contributed by atoms with Crippen LogP contribution >= 0.6 is 27.3 Å². The van der Waals surface area contributed by atoms with Gasteiger partial charge < -0.3 is 9.88 Å². The average molecular weight is 343 g/mol. The Morgan fingerprint density at radius 3 is 2.74 bits per heavy atom. The third kappa shape index (κ3) is 3.03. The molecule has 0 unspecified atom stereocenters. The lowest BCUT2D eigenvalue weighted by Crippen LogP contribution is -2.24. The summed E-state index contributed by atoms with van der Waals surface area (Å²) in [4.78, 5) is 12.0. The SMILES string of the molecule is CC(C)c1nnc(CNC(=O)c2cscc2Br)n1C. The number of carbonyl (C=O) groups is 1. The molecule has 0 fully saturated rings. The Hall–Kier alpha value is -1.21. The predicted molar refractivity (Wildman–Crippen MR) is 78.3 cm³/mol. The number of rotatable bonds is 4. The smallest absolute Gasteiger partial charge is 0.253 e. The van der Waals surface area contributed by atoms with Crippen molar-refractivity contribution in [2.75, 3.05) is 0 Å². The molecule has 0 bridgehead atoms. The summed E-state index contributed by atoms with van der Waals surface area (Å²) in [7, 11) is 1.91. The minimum Gasteiger partial charge on any atom is -0.345 e. The van der Waals surface area contributed by atoms with E-state index in [1.54, 1.807) is 0 Å². The third-order valence-electron chi connectivity index (χ3n) is 2.78. The number of hydrogen-bond acceptors (Lipinski definition) is 4. The second-order valence-corrected chi connectivity index (χ2v) is 6.10. The maximum Gasteiger partial charge on any atom is 0.253 e. The van der Waals surface area contributed by atoms with Crippen molar-refractivity contribution in [1.82, 2.24) is 20.1 Å². The van der Waals surface area contributed by atoms with Crippen molar-refractivity contribution in [1.29, 1.82) is 0 Å². The largest absolute Gasteiger partial charge is 0.345 e. The molecule has 0 aliphatic rings. The van der Waals surface area contributed by atoms with Gasteiger partial charge in [0.2, 0.25) is 0 Å². The molecule has 0 aliphatic carbocycles. The number of carbonyl (C=O) groups excluding carboxylic acids is 1. The van der Waals surface area contributed by atoms with Crippen LogP contribution in [-0.2, 0) is 13.6 Å². The number of nitrogens with zero attached hydrogens (tertiary/aromatic N) is 3. The molecular formula is C12H15BrN4OS. The lowest BCUT2D eigenvalue weighted by atomic mass is 10.2. The Bertz CT molecular complexity index is 590. The van der Waals surface area contributed by atoms with E-state index >= 15 is 0 Å². The normalized spacial score (nSPS) is 11.0. The molecule has 7 heteroatoms. The molecule has 2 rings (SSSR count). The van der Waals surface area contributed by atoms with E-state index in [0.717, 1.165) is 16.1 Å². The molecule has 0 saturated carbocycles. The van der Waals surface area contributed by atoms with Gasteiger partial charge >= 0.3 is 0 Å². The predicted octanol–water partition coefficient (Wildman–Crippen LogP) is 2.69. The van der Waals surface area contributed by atoms with E-state index in [4.69, 9.17) is 0 Å². The summed E-state index contributed by atoms with van der Waals surface area (Å²) in [5, 5.41) is 14.8. The van der Waals surface area contributed by atoms with Crippen LogP contribution in [-0.4, -0.2) is 20.7 Å². The standard InChI is InChI=1S/C12H15BrN4OS/c1-7(2)11-16-15-10(17(11)3)4-14-12(18)8-5-19-6-9(8)13/h5-7H,4H2,1-3H3,(H,14,18). The van der Waals surface area contributed by atoms with Crippen LogP contribution in [0, 0.1) is 0 Å². The molecule has 102 valence electrons. The number of hydrogen-bond donors (Lipinski definition) is 1. The van der Waals surface area contributed by atoms with Crippen molar-refractivity contribution in [3.05, 3.63) is 32.4 Å². The van der Waals surface area contributed by atoms with E-state index in [-0.39, 0.29) is 5.91 Å². The molecule has 0 spiro atoms. The Labute approximate surface area is 124 Å². The van der Waals surface area contributed by atoms with Crippen molar-refractivity contribution in [3.8, 4) is 0 Å². The van der Waals surface area contributed by atoms with E-state index in [1.807, 2.05) is 22.4 Å². The molecule has 0 aliphatic heterocycles. The van der Waals surface area contributed by atoms with Crippen molar-refractivity contribution in [2.24, 2.45) is 7.05 Å². The van der Waals surface area contributed by atoms with Crippen LogP contribution in [0.1, 0.15) is 41.8 Å². The van der Waals surface area contributed by atoms with Crippen LogP contribution < -0.4 is 5.32 Å². The number of nitrogens with one attached hydrogen (secondary N) is 1. The minimum absolute atomic E-state index is 0.109. The molecule has 2 aromatic rings. The highest BCUT2D eigenvalue weighted by Crippen LogP contribution is 2.21. The van der Waals surface area contributed by atoms with E-state index in [9.17, 15) is 4.79 Å². The van der Waals surface area contributed by atoms with Gasteiger partial charge in [-0.15, -0.1) is 10.2 Å². The number of halogens is 1. The lowest BCUT2D eigenvalue weighted by Gasteiger charge is -2.07. The van der Waals surface area contributed by atoms with Gasteiger partial charge in [-0.25, -0.2) is 0 Å². The molecule has 0 aromatic carbocycles. The molecule has 1 N–H and O–H groups in total. The molecule has 0 atom stereocenters. The van der Waals surface area contributed by atoms with Crippen LogP contribution in [0.4, 0.5) is 0 Å². The summed E-state index contributed by atoms with van der Waals surface area (Å²) in [5.74, 6) is 1.87. The van der Waals surface area contributed by atoms with Crippen molar-refractivity contribution >= 4 is 33.2 Å². The van der Waals surface area contributed by atoms with Gasteiger partial charge in [0, 0.05) is 28.2 Å². The van der Waals surface area contributed by atoms with Gasteiger partial charge in [0.05, 0.1) is 12.1 Å². The highest BCUT2D eigenvalue weighted by molar-refractivity contribution is 9.10. The number of amides is 1. The highest BCUT2D eigenvalue weighted by Gasteiger charge is 2.14. The van der Waals surface area contributed by atoms with E-state index in [1.165, 1.54) is 11.3 Å². The Morgan fingerprint density at radius 1 is 1.47 bits per heavy atom. The zero-order chi connectivity index (χ0) is 14.0. The fraction of sp³-hybridized carbons (Fsp3) is 0.417. The molecule has 2 heterocycles. The Kier molecular flexibility index (Phi) is 4.36. The zero-order valence-corrected chi connectivity index (χ0v) is 13.4. The minimum atomic E-state index is -0.109. The first kappa shape index (κ1) is 14.2. The first-order chi connectivity index (χ1) is 9.00. The monoisotopic (exact) mass is 342 g/mol. The summed E-state index contributed by atoms with van der Waals surface area (Å²) < 4.78 is 2.74. The van der Waals surface area contributed by atoms with Gasteiger partial charge in [-0.05, 0) is 15.9 Å². The van der Waals surface area contributed by atoms with E-state index < -0.39 is 0 Å². The van der Waals surface area contributed by atoms with E-state index in [2.05, 4.69) is 45.3 Å². The van der Waals surface area contributed by atoms with Gasteiger partial charge in [0.25, 0.3) is 5.91 Å². The molecule has 2 aromatic heterocycles.